The van der Waals surface area contributed by atoms with Gasteiger partial charge in [-0.1, -0.05) is 106 Å². The van der Waals surface area contributed by atoms with Gasteiger partial charge in [0.1, 0.15) is 5.75 Å². The molecule has 40 heavy (non-hydrogen) atoms. The molecule has 212 valence electrons. The van der Waals surface area contributed by atoms with E-state index >= 15 is 0 Å². The lowest BCUT2D eigenvalue weighted by Gasteiger charge is -2.11. The quantitative estimate of drug-likeness (QED) is 0.0678. The molecule has 3 aromatic carbocycles. The number of hydrazone groups is 1. The molecule has 0 bridgehead atoms. The van der Waals surface area contributed by atoms with E-state index in [-0.39, 0.29) is 12.5 Å². The highest BCUT2D eigenvalue weighted by atomic mass is 16.5. The number of nitrogens with one attached hydrogen (secondary N) is 2. The Morgan fingerprint density at radius 1 is 0.800 bits per heavy atom. The molecular formula is C33H41N3O4. The number of hydrogen-bond donors (Lipinski definition) is 2. The van der Waals surface area contributed by atoms with Gasteiger partial charge in [0.25, 0.3) is 5.91 Å². The Bertz CT molecular complexity index is 1280. The predicted molar refractivity (Wildman–Crippen MR) is 161 cm³/mol. The first-order chi connectivity index (χ1) is 19.5. The lowest BCUT2D eigenvalue weighted by Crippen LogP contribution is -2.34. The summed E-state index contributed by atoms with van der Waals surface area (Å²) in [6.07, 6.45) is 12.5. The van der Waals surface area contributed by atoms with Crippen LogP contribution in [0, 0.1) is 6.92 Å². The van der Waals surface area contributed by atoms with Crippen LogP contribution in [0.15, 0.2) is 65.8 Å². The highest BCUT2D eigenvalue weighted by Crippen LogP contribution is 2.27. The monoisotopic (exact) mass is 543 g/mol. The summed E-state index contributed by atoms with van der Waals surface area (Å²) in [4.78, 5) is 37.1. The number of fused-ring (bicyclic) bond motifs is 1. The van der Waals surface area contributed by atoms with Crippen molar-refractivity contribution in [3.63, 3.8) is 0 Å². The SMILES string of the molecule is CCCCCCCCCCCC(=O)NCC(=O)NN=Cc1c(OC(=O)c2ccc(C)cc2)ccc2ccccc12. The summed E-state index contributed by atoms with van der Waals surface area (Å²) >= 11 is 0. The molecule has 7 nitrogen and oxygen atoms in total. The maximum absolute atomic E-state index is 12.7. The Morgan fingerprint density at radius 2 is 1.48 bits per heavy atom. The van der Waals surface area contributed by atoms with E-state index in [1.807, 2.05) is 49.4 Å². The van der Waals surface area contributed by atoms with Gasteiger partial charge in [-0.05, 0) is 42.3 Å². The average molecular weight is 544 g/mol. The number of ether oxygens (including phenoxy) is 1. The zero-order valence-electron chi connectivity index (χ0n) is 23.7. The van der Waals surface area contributed by atoms with E-state index in [9.17, 15) is 14.4 Å². The smallest absolute Gasteiger partial charge is 0.343 e. The van der Waals surface area contributed by atoms with Gasteiger partial charge in [-0.25, -0.2) is 10.2 Å². The molecule has 0 saturated carbocycles. The van der Waals surface area contributed by atoms with Crippen LogP contribution in [0.2, 0.25) is 0 Å². The van der Waals surface area contributed by atoms with Crippen molar-refractivity contribution in [3.05, 3.63) is 77.4 Å². The molecule has 0 aliphatic rings. The number of benzene rings is 3. The summed E-state index contributed by atoms with van der Waals surface area (Å²) < 4.78 is 5.70. The van der Waals surface area contributed by atoms with Crippen LogP contribution in [-0.2, 0) is 9.59 Å². The molecule has 2 amide bonds. The molecule has 0 unspecified atom stereocenters. The number of rotatable bonds is 16. The van der Waals surface area contributed by atoms with Crippen molar-refractivity contribution in [2.75, 3.05) is 6.54 Å². The van der Waals surface area contributed by atoms with E-state index in [2.05, 4.69) is 22.8 Å². The molecule has 0 saturated heterocycles. The number of nitrogens with zero attached hydrogens (tertiary/aromatic N) is 1. The van der Waals surface area contributed by atoms with E-state index in [1.165, 1.54) is 44.7 Å². The van der Waals surface area contributed by atoms with Crippen LogP contribution in [-0.4, -0.2) is 30.5 Å². The molecule has 0 aromatic heterocycles. The normalized spacial score (nSPS) is 11.1. The summed E-state index contributed by atoms with van der Waals surface area (Å²) in [6.45, 7) is 4.01. The molecule has 0 radical (unpaired) electrons. The third-order valence-electron chi connectivity index (χ3n) is 6.76. The van der Waals surface area contributed by atoms with Gasteiger partial charge in [0.2, 0.25) is 5.91 Å². The second-order valence-electron chi connectivity index (χ2n) is 10.1. The Balaban J connectivity index is 1.48. The fourth-order valence-electron chi connectivity index (χ4n) is 4.42. The summed E-state index contributed by atoms with van der Waals surface area (Å²) in [5, 5.41) is 8.49. The topological polar surface area (TPSA) is 96.9 Å². The summed E-state index contributed by atoms with van der Waals surface area (Å²) in [6, 6.07) is 18.4. The molecule has 0 heterocycles. The number of amides is 2. The van der Waals surface area contributed by atoms with Crippen LogP contribution in [0.4, 0.5) is 0 Å². The Labute approximate surface area is 237 Å². The molecule has 2 N–H and O–H groups in total. The van der Waals surface area contributed by atoms with Gasteiger partial charge in [-0.15, -0.1) is 0 Å². The van der Waals surface area contributed by atoms with E-state index in [1.54, 1.807) is 18.2 Å². The van der Waals surface area contributed by atoms with E-state index in [4.69, 9.17) is 4.74 Å². The van der Waals surface area contributed by atoms with Crippen LogP contribution in [0.1, 0.15) is 92.6 Å². The minimum atomic E-state index is -0.483. The van der Waals surface area contributed by atoms with Crippen molar-refractivity contribution >= 4 is 34.8 Å². The maximum Gasteiger partial charge on any atom is 0.343 e. The molecular weight excluding hydrogens is 502 g/mol. The van der Waals surface area contributed by atoms with Crippen molar-refractivity contribution in [1.82, 2.24) is 10.7 Å². The zero-order chi connectivity index (χ0) is 28.6. The van der Waals surface area contributed by atoms with Gasteiger partial charge in [0.15, 0.2) is 0 Å². The summed E-state index contributed by atoms with van der Waals surface area (Å²) in [5.74, 6) is -0.725. The van der Waals surface area contributed by atoms with Crippen molar-refractivity contribution < 1.29 is 19.1 Å². The highest BCUT2D eigenvalue weighted by Gasteiger charge is 2.14. The van der Waals surface area contributed by atoms with Crippen molar-refractivity contribution in [2.24, 2.45) is 5.10 Å². The lowest BCUT2D eigenvalue weighted by molar-refractivity contribution is -0.126. The summed E-state index contributed by atoms with van der Waals surface area (Å²) in [5.41, 5.74) is 4.50. The standard InChI is InChI=1S/C33H41N3O4/c1-3-4-5-6-7-8-9-10-11-16-31(37)34-24-32(38)36-35-23-29-28-15-13-12-14-26(28)21-22-30(29)40-33(39)27-19-17-25(2)18-20-27/h12-15,17-23H,3-11,16,24H2,1-2H3,(H,34,37)(H,36,38). The number of carbonyl (C=O) groups is 3. The van der Waals surface area contributed by atoms with Crippen molar-refractivity contribution in [3.8, 4) is 5.75 Å². The van der Waals surface area contributed by atoms with Crippen LogP contribution < -0.4 is 15.5 Å². The first-order valence-corrected chi connectivity index (χ1v) is 14.4. The molecule has 7 heteroatoms. The predicted octanol–water partition coefficient (Wildman–Crippen LogP) is 6.85. The van der Waals surface area contributed by atoms with E-state index in [0.29, 0.717) is 23.3 Å². The maximum atomic E-state index is 12.7. The van der Waals surface area contributed by atoms with Crippen molar-refractivity contribution in [1.29, 1.82) is 0 Å². The van der Waals surface area contributed by atoms with Gasteiger partial charge in [0, 0.05) is 12.0 Å². The van der Waals surface area contributed by atoms with Crippen molar-refractivity contribution in [2.45, 2.75) is 78.1 Å². The molecule has 0 spiro atoms. The second kappa shape index (κ2) is 16.9. The van der Waals surface area contributed by atoms with Crippen LogP contribution >= 0.6 is 0 Å². The van der Waals surface area contributed by atoms with Gasteiger partial charge < -0.3 is 10.1 Å². The molecule has 3 aromatic rings. The minimum absolute atomic E-state index is 0.138. The van der Waals surface area contributed by atoms with Gasteiger partial charge in [-0.2, -0.15) is 5.10 Å². The molecule has 0 atom stereocenters. The minimum Gasteiger partial charge on any atom is -0.422 e. The Hall–Kier alpha value is -4.00. The van der Waals surface area contributed by atoms with Crippen LogP contribution in [0.25, 0.3) is 10.8 Å². The average Bonchev–Trinajstić information content (AvgIpc) is 2.96. The Kier molecular flexibility index (Phi) is 12.9. The third kappa shape index (κ3) is 10.3. The number of carbonyl (C=O) groups excluding carboxylic acids is 3. The fraction of sp³-hybridized carbons (Fsp3) is 0.394. The van der Waals surface area contributed by atoms with Crippen LogP contribution in [0.5, 0.6) is 5.75 Å². The van der Waals surface area contributed by atoms with E-state index in [0.717, 1.165) is 35.6 Å². The fourth-order valence-corrected chi connectivity index (χ4v) is 4.42. The highest BCUT2D eigenvalue weighted by molar-refractivity contribution is 6.04. The lowest BCUT2D eigenvalue weighted by atomic mass is 10.0. The number of aryl methyl sites for hydroxylation is 1. The third-order valence-corrected chi connectivity index (χ3v) is 6.76. The molecule has 0 aliphatic carbocycles. The Morgan fingerprint density at radius 3 is 2.20 bits per heavy atom. The first kappa shape index (κ1) is 30.5. The number of esters is 1. The van der Waals surface area contributed by atoms with Crippen LogP contribution in [0.3, 0.4) is 0 Å². The van der Waals surface area contributed by atoms with Gasteiger partial charge in [0.05, 0.1) is 18.3 Å². The van der Waals surface area contributed by atoms with Gasteiger partial charge >= 0.3 is 5.97 Å². The second-order valence-corrected chi connectivity index (χ2v) is 10.1. The molecule has 0 fully saturated rings. The zero-order valence-corrected chi connectivity index (χ0v) is 23.7. The number of unbranched alkanes of at least 4 members (excludes halogenated alkanes) is 8. The molecule has 0 aliphatic heterocycles. The van der Waals surface area contributed by atoms with E-state index < -0.39 is 11.9 Å². The molecule has 3 rings (SSSR count). The van der Waals surface area contributed by atoms with Gasteiger partial charge in [-0.3, -0.25) is 9.59 Å². The number of hydrogen-bond acceptors (Lipinski definition) is 5. The first-order valence-electron chi connectivity index (χ1n) is 14.4. The largest absolute Gasteiger partial charge is 0.422 e. The summed E-state index contributed by atoms with van der Waals surface area (Å²) in [7, 11) is 0.